The van der Waals surface area contributed by atoms with Gasteiger partial charge in [-0.25, -0.2) is 0 Å². The van der Waals surface area contributed by atoms with Crippen LogP contribution in [-0.2, 0) is 16.9 Å². The number of rotatable bonds is 8. The predicted molar refractivity (Wildman–Crippen MR) is 86.8 cm³/mol. The number of benzene rings is 2. The maximum atomic E-state index is 12.1. The molecule has 0 spiro atoms. The molecular weight excluding hydrogens is 335 g/mol. The second kappa shape index (κ2) is 8.33. The molecule has 4 nitrogen and oxygen atoms in total. The molecule has 0 fully saturated rings. The van der Waals surface area contributed by atoms with Crippen LogP contribution in [0.1, 0.15) is 17.5 Å². The average molecular weight is 355 g/mol. The van der Waals surface area contributed by atoms with E-state index in [-0.39, 0.29) is 25.5 Å². The van der Waals surface area contributed by atoms with Crippen LogP contribution in [0.5, 0.6) is 5.75 Å². The van der Waals surface area contributed by atoms with Gasteiger partial charge in [0.15, 0.2) is 0 Å². The fourth-order valence-corrected chi connectivity index (χ4v) is 2.41. The molecule has 0 aliphatic rings. The molecule has 25 heavy (non-hydrogen) atoms. The largest absolute Gasteiger partial charge is 0.573 e. The van der Waals surface area contributed by atoms with E-state index < -0.39 is 12.0 Å². The van der Waals surface area contributed by atoms with Crippen LogP contribution in [0.2, 0.25) is 0 Å². The Labute approximate surface area is 144 Å². The van der Waals surface area contributed by atoms with Crippen molar-refractivity contribution in [3.63, 3.8) is 0 Å². The highest BCUT2D eigenvalue weighted by Crippen LogP contribution is 2.26. The maximum absolute atomic E-state index is 12.1. The first kappa shape index (κ1) is 19.2. The maximum Gasteiger partial charge on any atom is 0.573 e. The van der Waals surface area contributed by atoms with Gasteiger partial charge in [-0.15, -0.1) is 13.2 Å². The summed E-state index contributed by atoms with van der Waals surface area (Å²) in [7, 11) is 0. The van der Waals surface area contributed by atoms with Gasteiger partial charge in [0, 0.05) is 0 Å². The Kier molecular flexibility index (Phi) is 6.41. The van der Waals surface area contributed by atoms with E-state index in [4.69, 9.17) is 10.5 Å². The minimum atomic E-state index is -4.72. The number of aliphatic hydroxyl groups is 1. The van der Waals surface area contributed by atoms with Crippen molar-refractivity contribution in [2.75, 3.05) is 13.2 Å². The van der Waals surface area contributed by atoms with E-state index in [1.807, 2.05) is 18.2 Å². The van der Waals surface area contributed by atoms with Crippen molar-refractivity contribution in [3.8, 4) is 5.75 Å². The molecule has 0 amide bonds. The van der Waals surface area contributed by atoms with Crippen LogP contribution in [0.3, 0.4) is 0 Å². The number of nitrogens with two attached hydrogens (primary N) is 1. The zero-order chi connectivity index (χ0) is 18.3. The van der Waals surface area contributed by atoms with E-state index in [2.05, 4.69) is 4.74 Å². The van der Waals surface area contributed by atoms with E-state index >= 15 is 0 Å². The van der Waals surface area contributed by atoms with Gasteiger partial charge >= 0.3 is 6.36 Å². The Morgan fingerprint density at radius 2 is 1.60 bits per heavy atom. The number of halogens is 3. The van der Waals surface area contributed by atoms with E-state index in [0.717, 1.165) is 0 Å². The van der Waals surface area contributed by atoms with Crippen molar-refractivity contribution >= 4 is 0 Å². The summed E-state index contributed by atoms with van der Waals surface area (Å²) >= 11 is 0. The number of hydrogen-bond acceptors (Lipinski definition) is 4. The number of hydrogen-bond donors (Lipinski definition) is 2. The van der Waals surface area contributed by atoms with E-state index in [0.29, 0.717) is 17.5 Å². The summed E-state index contributed by atoms with van der Waals surface area (Å²) in [5.41, 5.74) is 5.74. The normalized spacial score (nSPS) is 14.1. The van der Waals surface area contributed by atoms with Gasteiger partial charge in [0.1, 0.15) is 11.4 Å². The second-order valence-electron chi connectivity index (χ2n) is 5.62. The summed E-state index contributed by atoms with van der Waals surface area (Å²) in [6.45, 7) is 0.458. The molecule has 0 radical (unpaired) electrons. The van der Waals surface area contributed by atoms with Crippen molar-refractivity contribution in [3.05, 3.63) is 65.7 Å². The summed E-state index contributed by atoms with van der Waals surface area (Å²) in [5, 5.41) is 10.8. The van der Waals surface area contributed by atoms with Crippen molar-refractivity contribution in [1.82, 2.24) is 0 Å². The van der Waals surface area contributed by atoms with Gasteiger partial charge in [-0.2, -0.15) is 0 Å². The van der Waals surface area contributed by atoms with Crippen molar-refractivity contribution in [2.45, 2.75) is 25.0 Å². The standard InChI is InChI=1S/C18H20F3NO3/c19-18(20,21)25-16-8-6-14(7-9-16)12-24-13-17(23,10-11-22)15-4-2-1-3-5-15/h1-9,23H,10-13,22H2. The van der Waals surface area contributed by atoms with Crippen LogP contribution < -0.4 is 10.5 Å². The molecule has 0 aliphatic carbocycles. The molecule has 0 saturated carbocycles. The molecule has 0 aliphatic heterocycles. The van der Waals surface area contributed by atoms with Crippen LogP contribution in [0, 0.1) is 0 Å². The lowest BCUT2D eigenvalue weighted by Crippen LogP contribution is -2.34. The smallest absolute Gasteiger partial charge is 0.406 e. The lowest BCUT2D eigenvalue weighted by atomic mass is 9.91. The third-order valence-electron chi connectivity index (χ3n) is 3.64. The van der Waals surface area contributed by atoms with Gasteiger partial charge in [-0.1, -0.05) is 42.5 Å². The molecule has 2 aromatic carbocycles. The molecule has 2 rings (SSSR count). The summed E-state index contributed by atoms with van der Waals surface area (Å²) in [6, 6.07) is 14.5. The van der Waals surface area contributed by atoms with Crippen LogP contribution in [0.15, 0.2) is 54.6 Å². The third kappa shape index (κ3) is 6.04. The summed E-state index contributed by atoms with van der Waals surface area (Å²) < 4.78 is 45.7. The summed E-state index contributed by atoms with van der Waals surface area (Å²) in [4.78, 5) is 0. The first-order valence-corrected chi connectivity index (χ1v) is 7.73. The Balaban J connectivity index is 1.94. The molecule has 136 valence electrons. The van der Waals surface area contributed by atoms with Crippen molar-refractivity contribution in [2.24, 2.45) is 5.73 Å². The van der Waals surface area contributed by atoms with Crippen molar-refractivity contribution in [1.29, 1.82) is 0 Å². The number of alkyl halides is 3. The molecular formula is C18H20F3NO3. The van der Waals surface area contributed by atoms with Crippen LogP contribution in [0.25, 0.3) is 0 Å². The fraction of sp³-hybridized carbons (Fsp3) is 0.333. The highest BCUT2D eigenvalue weighted by atomic mass is 19.4. The fourth-order valence-electron chi connectivity index (χ4n) is 2.41. The minimum Gasteiger partial charge on any atom is -0.406 e. The second-order valence-corrected chi connectivity index (χ2v) is 5.62. The Morgan fingerprint density at radius 3 is 2.16 bits per heavy atom. The third-order valence-corrected chi connectivity index (χ3v) is 3.64. The number of ether oxygens (including phenoxy) is 2. The van der Waals surface area contributed by atoms with E-state index in [1.165, 1.54) is 24.3 Å². The van der Waals surface area contributed by atoms with Crippen molar-refractivity contribution < 1.29 is 27.8 Å². The SMILES string of the molecule is NCCC(O)(COCc1ccc(OC(F)(F)F)cc1)c1ccccc1. The van der Waals surface area contributed by atoms with Gasteiger partial charge in [0.05, 0.1) is 13.2 Å². The molecule has 3 N–H and O–H groups in total. The van der Waals surface area contributed by atoms with Gasteiger partial charge in [-0.3, -0.25) is 0 Å². The van der Waals surface area contributed by atoms with Gasteiger partial charge < -0.3 is 20.3 Å². The first-order valence-electron chi connectivity index (χ1n) is 7.73. The molecule has 1 atom stereocenters. The van der Waals surface area contributed by atoms with Crippen LogP contribution in [0.4, 0.5) is 13.2 Å². The topological polar surface area (TPSA) is 64.7 Å². The van der Waals surface area contributed by atoms with Gasteiger partial charge in [0.2, 0.25) is 0 Å². The first-order chi connectivity index (χ1) is 11.8. The Hall–Kier alpha value is -2.09. The van der Waals surface area contributed by atoms with Crippen LogP contribution >= 0.6 is 0 Å². The Morgan fingerprint density at radius 1 is 0.960 bits per heavy atom. The Bertz CT molecular complexity index is 647. The summed E-state index contributed by atoms with van der Waals surface area (Å²) in [5.74, 6) is -0.292. The highest BCUT2D eigenvalue weighted by molar-refractivity contribution is 5.27. The lowest BCUT2D eigenvalue weighted by molar-refractivity contribution is -0.274. The molecule has 0 aromatic heterocycles. The molecule has 2 aromatic rings. The predicted octanol–water partition coefficient (Wildman–Crippen LogP) is 3.34. The molecule has 0 saturated heterocycles. The highest BCUT2D eigenvalue weighted by Gasteiger charge is 2.31. The average Bonchev–Trinajstić information content (AvgIpc) is 2.56. The summed E-state index contributed by atoms with van der Waals surface area (Å²) in [6.07, 6.45) is -4.39. The minimum absolute atomic E-state index is 0.0228. The van der Waals surface area contributed by atoms with E-state index in [1.54, 1.807) is 12.1 Å². The molecule has 7 heteroatoms. The van der Waals surface area contributed by atoms with E-state index in [9.17, 15) is 18.3 Å². The molecule has 1 unspecified atom stereocenters. The van der Waals surface area contributed by atoms with Gasteiger partial charge in [-0.05, 0) is 36.2 Å². The monoisotopic (exact) mass is 355 g/mol. The quantitative estimate of drug-likeness (QED) is 0.762. The van der Waals surface area contributed by atoms with Crippen LogP contribution in [-0.4, -0.2) is 24.6 Å². The van der Waals surface area contributed by atoms with Gasteiger partial charge in [0.25, 0.3) is 0 Å². The molecule has 0 bridgehead atoms. The lowest BCUT2D eigenvalue weighted by Gasteiger charge is -2.28. The molecule has 0 heterocycles. The zero-order valence-electron chi connectivity index (χ0n) is 13.5. The zero-order valence-corrected chi connectivity index (χ0v) is 13.5.